The molecule has 2 aromatic rings. The number of rotatable bonds is 5. The number of benzene rings is 2. The van der Waals surface area contributed by atoms with Crippen molar-refractivity contribution in [3.8, 4) is 0 Å². The second-order valence-corrected chi connectivity index (χ2v) is 5.69. The van der Waals surface area contributed by atoms with Crippen molar-refractivity contribution in [2.24, 2.45) is 10.9 Å². The smallest absolute Gasteiger partial charge is 0.119 e. The maximum absolute atomic E-state index is 11.5. The molecular weight excluding hydrogens is 258 g/mol. The molecule has 0 saturated heterocycles. The molecule has 0 saturated carbocycles. The van der Waals surface area contributed by atoms with Gasteiger partial charge in [0.15, 0.2) is 0 Å². The van der Waals surface area contributed by atoms with Crippen molar-refractivity contribution < 1.29 is 5.11 Å². The van der Waals surface area contributed by atoms with Crippen LogP contribution in [0.1, 0.15) is 31.9 Å². The normalized spacial score (nSPS) is 12.8. The van der Waals surface area contributed by atoms with Crippen LogP contribution in [0.15, 0.2) is 65.7 Å². The molecule has 21 heavy (non-hydrogen) atoms. The summed E-state index contributed by atoms with van der Waals surface area (Å²) < 4.78 is 0. The van der Waals surface area contributed by atoms with Gasteiger partial charge >= 0.3 is 0 Å². The molecule has 0 amide bonds. The third kappa shape index (κ3) is 3.40. The molecule has 0 aliphatic rings. The Labute approximate surface area is 127 Å². The number of hydrogen-bond acceptors (Lipinski definition) is 2. The summed E-state index contributed by atoms with van der Waals surface area (Å²) in [5, 5.41) is 11.5. The van der Waals surface area contributed by atoms with Gasteiger partial charge in [0, 0.05) is 18.2 Å². The maximum atomic E-state index is 11.5. The quantitative estimate of drug-likeness (QED) is 0.824. The van der Waals surface area contributed by atoms with Gasteiger partial charge in [-0.2, -0.15) is 0 Å². The lowest BCUT2D eigenvalue weighted by Crippen LogP contribution is -2.36. The first-order valence-corrected chi connectivity index (χ1v) is 7.36. The summed E-state index contributed by atoms with van der Waals surface area (Å²) in [5.74, 6) is -0.0165. The standard InChI is InChI=1S/C19H23NO/c1-15(2)20-14-16(3)19(21,17-10-6-4-7-11-17)18-12-8-5-9-13-18/h4-13,16,21H,14H2,1-3H3. The Kier molecular flexibility index (Phi) is 4.92. The third-order valence-corrected chi connectivity index (χ3v) is 3.82. The zero-order valence-electron chi connectivity index (χ0n) is 13.0. The Balaban J connectivity index is 2.47. The summed E-state index contributed by atoms with van der Waals surface area (Å²) in [4.78, 5) is 4.50. The van der Waals surface area contributed by atoms with Crippen LogP contribution >= 0.6 is 0 Å². The van der Waals surface area contributed by atoms with E-state index in [9.17, 15) is 5.11 Å². The predicted molar refractivity (Wildman–Crippen MR) is 88.7 cm³/mol. The van der Waals surface area contributed by atoms with Crippen LogP contribution in [0.2, 0.25) is 0 Å². The van der Waals surface area contributed by atoms with Gasteiger partial charge in [0.1, 0.15) is 5.60 Å². The van der Waals surface area contributed by atoms with E-state index in [0.717, 1.165) is 16.8 Å². The molecule has 0 aliphatic heterocycles. The van der Waals surface area contributed by atoms with Crippen molar-refractivity contribution in [2.75, 3.05) is 6.54 Å². The van der Waals surface area contributed by atoms with Crippen LogP contribution in [0.3, 0.4) is 0 Å². The molecular formula is C19H23NO. The van der Waals surface area contributed by atoms with Crippen LogP contribution in [-0.4, -0.2) is 17.4 Å². The van der Waals surface area contributed by atoms with E-state index in [4.69, 9.17) is 0 Å². The summed E-state index contributed by atoms with van der Waals surface area (Å²) in [5.41, 5.74) is 1.83. The van der Waals surface area contributed by atoms with Crippen LogP contribution in [0, 0.1) is 5.92 Å². The minimum absolute atomic E-state index is 0.0165. The molecule has 0 heterocycles. The second kappa shape index (κ2) is 6.68. The average Bonchev–Trinajstić information content (AvgIpc) is 2.53. The molecule has 110 valence electrons. The van der Waals surface area contributed by atoms with Gasteiger partial charge in [-0.3, -0.25) is 4.99 Å². The van der Waals surface area contributed by atoms with E-state index in [1.54, 1.807) is 0 Å². The Morgan fingerprint density at radius 2 is 1.38 bits per heavy atom. The van der Waals surface area contributed by atoms with Gasteiger partial charge < -0.3 is 5.11 Å². The molecule has 0 fully saturated rings. The van der Waals surface area contributed by atoms with Gasteiger partial charge in [0.05, 0.1) is 0 Å². The van der Waals surface area contributed by atoms with E-state index in [1.165, 1.54) is 0 Å². The molecule has 2 heteroatoms. The van der Waals surface area contributed by atoms with E-state index in [1.807, 2.05) is 81.4 Å². The zero-order valence-corrected chi connectivity index (χ0v) is 13.0. The highest BCUT2D eigenvalue weighted by Gasteiger charge is 2.37. The molecule has 2 aromatic carbocycles. The fourth-order valence-electron chi connectivity index (χ4n) is 2.57. The molecule has 2 rings (SSSR count). The largest absolute Gasteiger partial charge is 0.380 e. The van der Waals surface area contributed by atoms with E-state index in [2.05, 4.69) is 4.99 Å². The lowest BCUT2D eigenvalue weighted by molar-refractivity contribution is 0.0279. The molecule has 0 aromatic heterocycles. The lowest BCUT2D eigenvalue weighted by Gasteiger charge is -2.34. The SMILES string of the molecule is CC(C)=NCC(C)C(O)(c1ccccc1)c1ccccc1. The van der Waals surface area contributed by atoms with Crippen LogP contribution in [0.5, 0.6) is 0 Å². The third-order valence-electron chi connectivity index (χ3n) is 3.82. The van der Waals surface area contributed by atoms with Crippen LogP contribution in [0.4, 0.5) is 0 Å². The van der Waals surface area contributed by atoms with Crippen molar-refractivity contribution in [3.63, 3.8) is 0 Å². The minimum Gasteiger partial charge on any atom is -0.380 e. The highest BCUT2D eigenvalue weighted by Crippen LogP contribution is 2.36. The van der Waals surface area contributed by atoms with E-state index in [-0.39, 0.29) is 5.92 Å². The number of aliphatic hydroxyl groups is 1. The molecule has 1 atom stereocenters. The maximum Gasteiger partial charge on any atom is 0.119 e. The van der Waals surface area contributed by atoms with Crippen molar-refractivity contribution in [1.82, 2.24) is 0 Å². The molecule has 0 aliphatic carbocycles. The lowest BCUT2D eigenvalue weighted by atomic mass is 9.77. The van der Waals surface area contributed by atoms with Gasteiger partial charge in [-0.25, -0.2) is 0 Å². The Morgan fingerprint density at radius 3 is 1.76 bits per heavy atom. The summed E-state index contributed by atoms with van der Waals surface area (Å²) in [7, 11) is 0. The summed E-state index contributed by atoms with van der Waals surface area (Å²) >= 11 is 0. The highest BCUT2D eigenvalue weighted by molar-refractivity contribution is 5.79. The molecule has 1 N–H and O–H groups in total. The number of nitrogens with zero attached hydrogens (tertiary/aromatic N) is 1. The fourth-order valence-corrected chi connectivity index (χ4v) is 2.57. The topological polar surface area (TPSA) is 32.6 Å². The molecule has 1 unspecified atom stereocenters. The van der Waals surface area contributed by atoms with Gasteiger partial charge in [-0.15, -0.1) is 0 Å². The fraction of sp³-hybridized carbons (Fsp3) is 0.316. The predicted octanol–water partition coefficient (Wildman–Crippen LogP) is 4.04. The summed E-state index contributed by atoms with van der Waals surface area (Å²) in [6, 6.07) is 19.7. The summed E-state index contributed by atoms with van der Waals surface area (Å²) in [6.07, 6.45) is 0. The molecule has 2 nitrogen and oxygen atoms in total. The minimum atomic E-state index is -1.03. The van der Waals surface area contributed by atoms with Crippen molar-refractivity contribution in [2.45, 2.75) is 26.4 Å². The van der Waals surface area contributed by atoms with E-state index >= 15 is 0 Å². The number of hydrogen-bond donors (Lipinski definition) is 1. The van der Waals surface area contributed by atoms with Crippen molar-refractivity contribution >= 4 is 5.71 Å². The first-order chi connectivity index (χ1) is 10.0. The van der Waals surface area contributed by atoms with E-state index in [0.29, 0.717) is 6.54 Å². The Hall–Kier alpha value is -1.93. The zero-order chi connectivity index (χ0) is 15.3. The molecule has 0 bridgehead atoms. The Morgan fingerprint density at radius 1 is 0.952 bits per heavy atom. The Bertz CT molecular complexity index is 546. The van der Waals surface area contributed by atoms with Crippen molar-refractivity contribution in [1.29, 1.82) is 0 Å². The van der Waals surface area contributed by atoms with Gasteiger partial charge in [0.2, 0.25) is 0 Å². The highest BCUT2D eigenvalue weighted by atomic mass is 16.3. The van der Waals surface area contributed by atoms with Crippen LogP contribution in [-0.2, 0) is 5.60 Å². The van der Waals surface area contributed by atoms with Crippen LogP contribution < -0.4 is 0 Å². The van der Waals surface area contributed by atoms with Gasteiger partial charge in [0.25, 0.3) is 0 Å². The first kappa shape index (κ1) is 15.5. The molecule has 0 spiro atoms. The van der Waals surface area contributed by atoms with Gasteiger partial charge in [-0.1, -0.05) is 67.6 Å². The number of aliphatic imine (C=N–C) groups is 1. The molecule has 0 radical (unpaired) electrons. The summed E-state index contributed by atoms with van der Waals surface area (Å²) in [6.45, 7) is 6.61. The van der Waals surface area contributed by atoms with Gasteiger partial charge in [-0.05, 0) is 25.0 Å². The van der Waals surface area contributed by atoms with E-state index < -0.39 is 5.60 Å². The first-order valence-electron chi connectivity index (χ1n) is 7.36. The van der Waals surface area contributed by atoms with Crippen molar-refractivity contribution in [3.05, 3.63) is 71.8 Å². The second-order valence-electron chi connectivity index (χ2n) is 5.69. The van der Waals surface area contributed by atoms with Crippen LogP contribution in [0.25, 0.3) is 0 Å². The monoisotopic (exact) mass is 281 g/mol. The average molecular weight is 281 g/mol.